The van der Waals surface area contributed by atoms with Gasteiger partial charge in [-0.05, 0) is 32.0 Å². The van der Waals surface area contributed by atoms with Crippen molar-refractivity contribution < 1.29 is 14.4 Å². The summed E-state index contributed by atoms with van der Waals surface area (Å²) in [6, 6.07) is 9.00. The quantitative estimate of drug-likeness (QED) is 0.430. The molecule has 0 bridgehead atoms. The van der Waals surface area contributed by atoms with Gasteiger partial charge in [0.15, 0.2) is 5.57 Å². The van der Waals surface area contributed by atoms with Crippen molar-refractivity contribution in [3.8, 4) is 6.07 Å². The SMILES string of the molecule is CCNC(=O)C(C#N)=c1sc(=CNc2cccc(NC(=O)CN3CCN(C(C)=O)CC3)c2)c(=O)n1CC. The lowest BCUT2D eigenvalue weighted by atomic mass is 10.2. The fraction of sp³-hybridized carbons (Fsp3) is 0.400. The van der Waals surface area contributed by atoms with Crippen LogP contribution in [0.5, 0.6) is 0 Å². The fourth-order valence-corrected chi connectivity index (χ4v) is 4.98. The molecule has 1 saturated heterocycles. The molecule has 37 heavy (non-hydrogen) atoms. The van der Waals surface area contributed by atoms with Crippen LogP contribution in [0, 0.1) is 11.3 Å². The molecule has 3 amide bonds. The Hall–Kier alpha value is -3.95. The number of nitrogens with zero attached hydrogens (tertiary/aromatic N) is 4. The Morgan fingerprint density at radius 3 is 2.46 bits per heavy atom. The molecule has 1 aromatic heterocycles. The molecule has 1 aliphatic heterocycles. The maximum Gasteiger partial charge on any atom is 0.270 e. The van der Waals surface area contributed by atoms with Crippen LogP contribution in [-0.4, -0.2) is 71.4 Å². The lowest BCUT2D eigenvalue weighted by Crippen LogP contribution is -2.49. The van der Waals surface area contributed by atoms with E-state index in [9.17, 15) is 24.4 Å². The number of benzene rings is 1. The first kappa shape index (κ1) is 27.6. The largest absolute Gasteiger partial charge is 0.360 e. The highest BCUT2D eigenvalue weighted by Crippen LogP contribution is 2.15. The van der Waals surface area contributed by atoms with E-state index < -0.39 is 5.91 Å². The molecule has 0 atom stereocenters. The van der Waals surface area contributed by atoms with E-state index in [1.807, 2.05) is 11.0 Å². The van der Waals surface area contributed by atoms with E-state index in [0.717, 1.165) is 11.3 Å². The summed E-state index contributed by atoms with van der Waals surface area (Å²) in [7, 11) is 0. The molecule has 12 heteroatoms. The van der Waals surface area contributed by atoms with Crippen molar-refractivity contribution in [2.75, 3.05) is 49.9 Å². The number of amides is 3. The van der Waals surface area contributed by atoms with E-state index >= 15 is 0 Å². The lowest BCUT2D eigenvalue weighted by Gasteiger charge is -2.33. The molecular weight excluding hydrogens is 494 g/mol. The van der Waals surface area contributed by atoms with Crippen molar-refractivity contribution >= 4 is 52.2 Å². The molecule has 2 aromatic rings. The van der Waals surface area contributed by atoms with Crippen molar-refractivity contribution in [2.24, 2.45) is 0 Å². The number of carbonyl (C=O) groups excluding carboxylic acids is 3. The number of aromatic nitrogens is 1. The van der Waals surface area contributed by atoms with E-state index in [1.165, 1.54) is 10.8 Å². The van der Waals surface area contributed by atoms with Crippen molar-refractivity contribution in [2.45, 2.75) is 27.3 Å². The first-order chi connectivity index (χ1) is 17.8. The number of thiazole rings is 1. The Morgan fingerprint density at radius 1 is 1.14 bits per heavy atom. The topological polar surface area (TPSA) is 140 Å². The van der Waals surface area contributed by atoms with Gasteiger partial charge in [0, 0.05) is 63.8 Å². The molecule has 196 valence electrons. The van der Waals surface area contributed by atoms with Gasteiger partial charge in [-0.1, -0.05) is 6.07 Å². The van der Waals surface area contributed by atoms with Crippen molar-refractivity contribution in [1.82, 2.24) is 19.7 Å². The van der Waals surface area contributed by atoms with Gasteiger partial charge >= 0.3 is 0 Å². The number of nitrogens with one attached hydrogen (secondary N) is 3. The highest BCUT2D eigenvalue weighted by molar-refractivity contribution is 7.07. The van der Waals surface area contributed by atoms with E-state index in [0.29, 0.717) is 59.8 Å². The van der Waals surface area contributed by atoms with Crippen molar-refractivity contribution in [3.63, 3.8) is 0 Å². The Kier molecular flexibility index (Phi) is 9.59. The summed E-state index contributed by atoms with van der Waals surface area (Å²) in [6.45, 7) is 8.50. The summed E-state index contributed by atoms with van der Waals surface area (Å²) in [5.41, 5.74) is 0.845. The summed E-state index contributed by atoms with van der Waals surface area (Å²) in [5.74, 6) is -0.628. The molecule has 0 saturated carbocycles. The second-order valence-corrected chi connectivity index (χ2v) is 9.40. The van der Waals surface area contributed by atoms with Gasteiger partial charge in [0.25, 0.3) is 11.5 Å². The molecule has 2 heterocycles. The zero-order chi connectivity index (χ0) is 26.9. The second kappa shape index (κ2) is 12.8. The molecule has 1 aliphatic rings. The Bertz CT molecular complexity index is 1380. The molecule has 0 aliphatic carbocycles. The molecule has 3 rings (SSSR count). The van der Waals surface area contributed by atoms with Crippen molar-refractivity contribution in [3.05, 3.63) is 43.8 Å². The van der Waals surface area contributed by atoms with E-state index in [4.69, 9.17) is 0 Å². The molecular formula is C25H31N7O4S. The molecule has 0 spiro atoms. The third-order valence-corrected chi connectivity index (χ3v) is 6.95. The number of anilines is 2. The number of piperazine rings is 1. The number of carbonyl (C=O) groups is 3. The van der Waals surface area contributed by atoms with Crippen LogP contribution in [0.25, 0.3) is 11.8 Å². The predicted octanol–water partition coefficient (Wildman–Crippen LogP) is -0.307. The van der Waals surface area contributed by atoms with E-state index in [1.54, 1.807) is 49.9 Å². The van der Waals surface area contributed by atoms with Crippen LogP contribution >= 0.6 is 11.3 Å². The van der Waals surface area contributed by atoms with Crippen LogP contribution in [-0.2, 0) is 20.9 Å². The van der Waals surface area contributed by atoms with Gasteiger partial charge in [0.1, 0.15) is 15.3 Å². The summed E-state index contributed by atoms with van der Waals surface area (Å²) < 4.78 is 2.05. The summed E-state index contributed by atoms with van der Waals surface area (Å²) >= 11 is 1.07. The summed E-state index contributed by atoms with van der Waals surface area (Å²) in [6.07, 6.45) is 1.53. The lowest BCUT2D eigenvalue weighted by molar-refractivity contribution is -0.130. The average molecular weight is 526 g/mol. The number of hydrogen-bond donors (Lipinski definition) is 3. The summed E-state index contributed by atoms with van der Waals surface area (Å²) in [5, 5.41) is 18.1. The molecule has 3 N–H and O–H groups in total. The van der Waals surface area contributed by atoms with Gasteiger partial charge in [-0.25, -0.2) is 0 Å². The minimum absolute atomic E-state index is 0.0447. The first-order valence-electron chi connectivity index (χ1n) is 12.0. The van der Waals surface area contributed by atoms with Crippen molar-refractivity contribution in [1.29, 1.82) is 5.26 Å². The minimum atomic E-state index is -0.517. The third kappa shape index (κ3) is 7.05. The van der Waals surface area contributed by atoms with Gasteiger partial charge in [-0.2, -0.15) is 5.26 Å². The predicted molar refractivity (Wildman–Crippen MR) is 143 cm³/mol. The van der Waals surface area contributed by atoms with Crippen LogP contribution in [0.1, 0.15) is 20.8 Å². The van der Waals surface area contributed by atoms with E-state index in [2.05, 4.69) is 16.0 Å². The van der Waals surface area contributed by atoms with E-state index in [-0.39, 0.29) is 29.5 Å². The van der Waals surface area contributed by atoms with Crippen LogP contribution < -0.4 is 30.7 Å². The monoisotopic (exact) mass is 525 g/mol. The number of rotatable bonds is 8. The highest BCUT2D eigenvalue weighted by atomic mass is 32.1. The number of hydrogen-bond acceptors (Lipinski definition) is 8. The standard InChI is InChI=1S/C25H31N7O4S/c1-4-27-23(35)20(14-26)25-32(5-2)24(36)21(37-25)15-28-18-7-6-8-19(13-18)29-22(34)16-30-9-11-31(12-10-30)17(3)33/h6-8,13,15,28H,4-5,9-12,16H2,1-3H3,(H,27,35)(H,29,34). The fourth-order valence-electron chi connectivity index (χ4n) is 3.90. The Balaban J connectivity index is 1.73. The molecule has 1 fully saturated rings. The maximum absolute atomic E-state index is 12.9. The molecule has 1 aromatic carbocycles. The summed E-state index contributed by atoms with van der Waals surface area (Å²) in [4.78, 5) is 52.9. The van der Waals surface area contributed by atoms with Crippen LogP contribution in [0.15, 0.2) is 29.1 Å². The van der Waals surface area contributed by atoms with Gasteiger partial charge in [0.2, 0.25) is 11.8 Å². The normalized spacial score (nSPS) is 15.1. The van der Waals surface area contributed by atoms with Crippen LogP contribution in [0.2, 0.25) is 0 Å². The second-order valence-electron chi connectivity index (χ2n) is 8.37. The maximum atomic E-state index is 12.9. The minimum Gasteiger partial charge on any atom is -0.360 e. The average Bonchev–Trinajstić information content (AvgIpc) is 3.18. The highest BCUT2D eigenvalue weighted by Gasteiger charge is 2.20. The Morgan fingerprint density at radius 2 is 1.84 bits per heavy atom. The zero-order valence-corrected chi connectivity index (χ0v) is 22.0. The molecule has 0 unspecified atom stereocenters. The van der Waals surface area contributed by atoms with Crippen LogP contribution in [0.3, 0.4) is 0 Å². The van der Waals surface area contributed by atoms with Crippen LogP contribution in [0.4, 0.5) is 11.4 Å². The molecule has 11 nitrogen and oxygen atoms in total. The van der Waals surface area contributed by atoms with Gasteiger partial charge in [0.05, 0.1) is 6.54 Å². The van der Waals surface area contributed by atoms with Gasteiger partial charge < -0.3 is 20.9 Å². The van der Waals surface area contributed by atoms with Gasteiger partial charge in [-0.3, -0.25) is 28.6 Å². The first-order valence-corrected chi connectivity index (χ1v) is 12.9. The smallest absolute Gasteiger partial charge is 0.270 e. The third-order valence-electron chi connectivity index (χ3n) is 5.82. The van der Waals surface area contributed by atoms with Gasteiger partial charge in [-0.15, -0.1) is 11.3 Å². The Labute approximate surface area is 218 Å². The molecule has 0 radical (unpaired) electrons. The number of nitriles is 1. The zero-order valence-electron chi connectivity index (χ0n) is 21.2.